The number of benzene rings is 1. The van der Waals surface area contributed by atoms with Crippen LogP contribution in [0.2, 0.25) is 0 Å². The lowest BCUT2D eigenvalue weighted by atomic mass is 10.2. The Morgan fingerprint density at radius 1 is 1.45 bits per heavy atom. The molecular formula is C16H19N3O3. The first-order valence-corrected chi connectivity index (χ1v) is 7.40. The molecule has 0 aliphatic carbocycles. The van der Waals surface area contributed by atoms with Crippen molar-refractivity contribution in [3.05, 3.63) is 47.8 Å². The monoisotopic (exact) mass is 301 g/mol. The minimum atomic E-state index is -0.429. The van der Waals surface area contributed by atoms with E-state index in [1.807, 2.05) is 37.3 Å². The fourth-order valence-corrected chi connectivity index (χ4v) is 2.60. The smallest absolute Gasteiger partial charge is 0.391 e. The zero-order valence-corrected chi connectivity index (χ0v) is 12.5. The predicted molar refractivity (Wildman–Crippen MR) is 80.5 cm³/mol. The van der Waals surface area contributed by atoms with Gasteiger partial charge in [-0.05, 0) is 12.5 Å². The van der Waals surface area contributed by atoms with E-state index in [9.17, 15) is 9.90 Å². The summed E-state index contributed by atoms with van der Waals surface area (Å²) >= 11 is 0. The fourth-order valence-electron chi connectivity index (χ4n) is 2.60. The fraction of sp³-hybridized carbons (Fsp3) is 0.375. The van der Waals surface area contributed by atoms with E-state index in [0.29, 0.717) is 26.1 Å². The molecule has 0 saturated carbocycles. The number of imidazole rings is 1. The lowest BCUT2D eigenvalue weighted by molar-refractivity contribution is 0.142. The van der Waals surface area contributed by atoms with Gasteiger partial charge < -0.3 is 14.7 Å². The average molecular weight is 301 g/mol. The highest BCUT2D eigenvalue weighted by molar-refractivity contribution is 5.69. The summed E-state index contributed by atoms with van der Waals surface area (Å²) in [4.78, 5) is 18.0. The van der Waals surface area contributed by atoms with E-state index in [2.05, 4.69) is 4.98 Å². The normalized spacial score (nSPS) is 16.4. The summed E-state index contributed by atoms with van der Waals surface area (Å²) in [6, 6.07) is 10.0. The van der Waals surface area contributed by atoms with Gasteiger partial charge in [0.05, 0.1) is 18.8 Å². The predicted octanol–water partition coefficient (Wildman–Crippen LogP) is 1.82. The number of carbonyl (C=O) groups is 1. The maximum atomic E-state index is 12.3. The molecule has 0 fully saturated rings. The Bertz CT molecular complexity index is 654. The van der Waals surface area contributed by atoms with E-state index in [-0.39, 0.29) is 6.01 Å². The first kappa shape index (κ1) is 14.6. The number of fused-ring (bicyclic) bond motifs is 1. The second-order valence-corrected chi connectivity index (χ2v) is 5.37. The van der Waals surface area contributed by atoms with Crippen molar-refractivity contribution in [3.63, 3.8) is 0 Å². The van der Waals surface area contributed by atoms with Crippen molar-refractivity contribution in [2.45, 2.75) is 32.5 Å². The van der Waals surface area contributed by atoms with Crippen molar-refractivity contribution in [2.24, 2.45) is 0 Å². The van der Waals surface area contributed by atoms with Crippen LogP contribution in [-0.2, 0) is 19.5 Å². The quantitative estimate of drug-likeness (QED) is 0.935. The molecule has 1 amide bonds. The van der Waals surface area contributed by atoms with Crippen LogP contribution in [-0.4, -0.2) is 38.3 Å². The van der Waals surface area contributed by atoms with Crippen LogP contribution < -0.4 is 4.74 Å². The number of hydrogen-bond donors (Lipinski definition) is 1. The lowest BCUT2D eigenvalue weighted by Crippen LogP contribution is -2.33. The van der Waals surface area contributed by atoms with Gasteiger partial charge in [0.15, 0.2) is 0 Å². The Hall–Kier alpha value is -2.34. The summed E-state index contributed by atoms with van der Waals surface area (Å²) in [6.45, 7) is 3.36. The Labute approximate surface area is 129 Å². The van der Waals surface area contributed by atoms with E-state index in [0.717, 1.165) is 11.3 Å². The summed E-state index contributed by atoms with van der Waals surface area (Å²) in [5.74, 6) is 0. The molecule has 0 saturated heterocycles. The van der Waals surface area contributed by atoms with Crippen LogP contribution in [0.1, 0.15) is 18.2 Å². The zero-order chi connectivity index (χ0) is 15.5. The number of rotatable bonds is 4. The standard InChI is InChI=1S/C16H19N3O3/c1-2-18(10-12-6-4-3-5-7-12)16(21)22-15-17-9-13-8-14(20)11-19(13)15/h3-7,9,14,20H,2,8,10-11H2,1H3. The number of carbonyl (C=O) groups excluding carboxylic acids is 1. The molecule has 1 N–H and O–H groups in total. The van der Waals surface area contributed by atoms with Gasteiger partial charge in [-0.25, -0.2) is 9.78 Å². The van der Waals surface area contributed by atoms with Crippen LogP contribution >= 0.6 is 0 Å². The van der Waals surface area contributed by atoms with Gasteiger partial charge in [-0.2, -0.15) is 0 Å². The van der Waals surface area contributed by atoms with Gasteiger partial charge in [0.25, 0.3) is 0 Å². The Morgan fingerprint density at radius 2 is 2.23 bits per heavy atom. The molecule has 2 heterocycles. The van der Waals surface area contributed by atoms with Crippen molar-refractivity contribution >= 4 is 6.09 Å². The van der Waals surface area contributed by atoms with E-state index in [1.54, 1.807) is 15.7 Å². The molecule has 1 aromatic heterocycles. The van der Waals surface area contributed by atoms with Crippen LogP contribution in [0.3, 0.4) is 0 Å². The molecule has 2 aromatic rings. The van der Waals surface area contributed by atoms with Crippen molar-refractivity contribution < 1.29 is 14.6 Å². The Kier molecular flexibility index (Phi) is 4.11. The van der Waals surface area contributed by atoms with Gasteiger partial charge in [-0.15, -0.1) is 0 Å². The molecule has 6 nitrogen and oxygen atoms in total. The summed E-state index contributed by atoms with van der Waals surface area (Å²) in [7, 11) is 0. The Morgan fingerprint density at radius 3 is 2.95 bits per heavy atom. The summed E-state index contributed by atoms with van der Waals surface area (Å²) in [5.41, 5.74) is 1.94. The molecule has 1 atom stereocenters. The van der Waals surface area contributed by atoms with Crippen molar-refractivity contribution in [3.8, 4) is 6.01 Å². The highest BCUT2D eigenvalue weighted by Gasteiger charge is 2.25. The van der Waals surface area contributed by atoms with E-state index < -0.39 is 12.2 Å². The summed E-state index contributed by atoms with van der Waals surface area (Å²) in [5, 5.41) is 9.65. The Balaban J connectivity index is 1.68. The first-order chi connectivity index (χ1) is 10.7. The molecule has 22 heavy (non-hydrogen) atoms. The first-order valence-electron chi connectivity index (χ1n) is 7.40. The van der Waals surface area contributed by atoms with Gasteiger partial charge in [-0.3, -0.25) is 4.57 Å². The van der Waals surface area contributed by atoms with Crippen LogP contribution in [0, 0.1) is 0 Å². The molecule has 1 aliphatic heterocycles. The molecule has 0 radical (unpaired) electrons. The number of ether oxygens (including phenoxy) is 1. The number of amides is 1. The maximum absolute atomic E-state index is 12.3. The second-order valence-electron chi connectivity index (χ2n) is 5.37. The molecule has 0 bridgehead atoms. The summed E-state index contributed by atoms with van der Waals surface area (Å²) < 4.78 is 7.15. The third-order valence-corrected chi connectivity index (χ3v) is 3.77. The highest BCUT2D eigenvalue weighted by Crippen LogP contribution is 2.22. The van der Waals surface area contributed by atoms with Gasteiger partial charge in [0, 0.05) is 25.2 Å². The van der Waals surface area contributed by atoms with E-state index in [1.165, 1.54) is 0 Å². The third-order valence-electron chi connectivity index (χ3n) is 3.77. The van der Waals surface area contributed by atoms with Crippen molar-refractivity contribution in [1.29, 1.82) is 0 Å². The van der Waals surface area contributed by atoms with Gasteiger partial charge in [0.1, 0.15) is 0 Å². The number of aliphatic hydroxyl groups excluding tert-OH is 1. The molecule has 3 rings (SSSR count). The van der Waals surface area contributed by atoms with Crippen molar-refractivity contribution in [2.75, 3.05) is 6.54 Å². The van der Waals surface area contributed by atoms with Gasteiger partial charge in [0.2, 0.25) is 0 Å². The zero-order valence-electron chi connectivity index (χ0n) is 12.5. The van der Waals surface area contributed by atoms with Gasteiger partial charge >= 0.3 is 12.1 Å². The van der Waals surface area contributed by atoms with Crippen LogP contribution in [0.25, 0.3) is 0 Å². The van der Waals surface area contributed by atoms with Crippen LogP contribution in [0.15, 0.2) is 36.5 Å². The number of nitrogens with zero attached hydrogens (tertiary/aromatic N) is 3. The number of aromatic nitrogens is 2. The average Bonchev–Trinajstić information content (AvgIpc) is 3.06. The maximum Gasteiger partial charge on any atom is 0.417 e. The number of aliphatic hydroxyl groups is 1. The molecule has 1 aliphatic rings. The molecular weight excluding hydrogens is 282 g/mol. The molecule has 0 spiro atoms. The van der Waals surface area contributed by atoms with Gasteiger partial charge in [-0.1, -0.05) is 30.3 Å². The largest absolute Gasteiger partial charge is 0.417 e. The van der Waals surface area contributed by atoms with Crippen molar-refractivity contribution in [1.82, 2.24) is 14.5 Å². The van der Waals surface area contributed by atoms with Crippen LogP contribution in [0.4, 0.5) is 4.79 Å². The third kappa shape index (κ3) is 2.96. The molecule has 1 aromatic carbocycles. The SMILES string of the molecule is CCN(Cc1ccccc1)C(=O)Oc1ncc2n1CC(O)C2. The molecule has 1 unspecified atom stereocenters. The highest BCUT2D eigenvalue weighted by atomic mass is 16.6. The van der Waals surface area contributed by atoms with E-state index >= 15 is 0 Å². The van der Waals surface area contributed by atoms with Crippen LogP contribution in [0.5, 0.6) is 6.01 Å². The second kappa shape index (κ2) is 6.19. The lowest BCUT2D eigenvalue weighted by Gasteiger charge is -2.20. The summed E-state index contributed by atoms with van der Waals surface area (Å²) in [6.07, 6.45) is 1.33. The number of hydrogen-bond acceptors (Lipinski definition) is 4. The van der Waals surface area contributed by atoms with E-state index in [4.69, 9.17) is 4.74 Å². The minimum absolute atomic E-state index is 0.253. The molecule has 116 valence electrons. The topological polar surface area (TPSA) is 67.6 Å². The molecule has 6 heteroatoms. The minimum Gasteiger partial charge on any atom is -0.391 e.